The summed E-state index contributed by atoms with van der Waals surface area (Å²) in [7, 11) is 0. The quantitative estimate of drug-likeness (QED) is 0.470. The molecule has 0 aromatic heterocycles. The summed E-state index contributed by atoms with van der Waals surface area (Å²) in [5.74, 6) is -0.786. The molecule has 0 spiro atoms. The second-order valence-corrected chi connectivity index (χ2v) is 2.77. The second-order valence-electron chi connectivity index (χ2n) is 2.77. The summed E-state index contributed by atoms with van der Waals surface area (Å²) in [4.78, 5) is 21.5. The highest BCUT2D eigenvalue weighted by Gasteiger charge is 2.15. The zero-order valence-electron chi connectivity index (χ0n) is 9.02. The fourth-order valence-electron chi connectivity index (χ4n) is 0.771. The molecule has 0 rings (SSSR count). The lowest BCUT2D eigenvalue weighted by Gasteiger charge is -2.16. The topological polar surface area (TPSA) is 61.8 Å². The van der Waals surface area contributed by atoms with Crippen molar-refractivity contribution >= 4 is 11.9 Å². The number of carbonyl (C=O) groups excluding carboxylic acids is 2. The minimum absolute atomic E-state index is 0.00505. The van der Waals surface area contributed by atoms with Gasteiger partial charge in [-0.2, -0.15) is 0 Å². The first-order valence-electron chi connectivity index (χ1n) is 4.65. The van der Waals surface area contributed by atoms with Crippen molar-refractivity contribution in [3.05, 3.63) is 12.8 Å². The van der Waals surface area contributed by atoms with E-state index in [4.69, 9.17) is 14.2 Å². The monoisotopic (exact) mass is 216 g/mol. The molecule has 0 aromatic carbocycles. The Labute approximate surface area is 89.0 Å². The van der Waals surface area contributed by atoms with Crippen LogP contribution in [0, 0.1) is 0 Å². The lowest BCUT2D eigenvalue weighted by molar-refractivity contribution is -0.160. The van der Waals surface area contributed by atoms with Crippen LogP contribution in [0.25, 0.3) is 0 Å². The number of hydrogen-bond acceptors (Lipinski definition) is 5. The van der Waals surface area contributed by atoms with E-state index >= 15 is 0 Å². The average molecular weight is 216 g/mol. The molecule has 15 heavy (non-hydrogen) atoms. The van der Waals surface area contributed by atoms with Crippen molar-refractivity contribution in [3.63, 3.8) is 0 Å². The number of rotatable bonds is 7. The van der Waals surface area contributed by atoms with E-state index < -0.39 is 12.1 Å². The first-order chi connectivity index (χ1) is 7.10. The van der Waals surface area contributed by atoms with Gasteiger partial charge in [-0.25, -0.2) is 0 Å². The molecule has 0 aromatic rings. The van der Waals surface area contributed by atoms with Gasteiger partial charge in [0, 0.05) is 13.3 Å². The van der Waals surface area contributed by atoms with Gasteiger partial charge in [0.15, 0.2) is 6.10 Å². The average Bonchev–Trinajstić information content (AvgIpc) is 2.21. The largest absolute Gasteiger partial charge is 0.498 e. The van der Waals surface area contributed by atoms with Crippen molar-refractivity contribution in [2.45, 2.75) is 26.4 Å². The molecule has 0 saturated carbocycles. The Bertz CT molecular complexity index is 224. The predicted molar refractivity (Wildman–Crippen MR) is 53.0 cm³/mol. The van der Waals surface area contributed by atoms with Crippen LogP contribution in [0.4, 0.5) is 0 Å². The maximum atomic E-state index is 11.0. The van der Waals surface area contributed by atoms with E-state index in [0.717, 1.165) is 0 Å². The number of esters is 2. The molecule has 0 bridgehead atoms. The van der Waals surface area contributed by atoms with Gasteiger partial charge in [-0.15, -0.1) is 0 Å². The number of ether oxygens (including phenoxy) is 3. The molecule has 0 radical (unpaired) electrons. The van der Waals surface area contributed by atoms with Crippen LogP contribution in [0.3, 0.4) is 0 Å². The van der Waals surface area contributed by atoms with Crippen molar-refractivity contribution in [1.82, 2.24) is 0 Å². The van der Waals surface area contributed by atoms with Crippen LogP contribution in [0.2, 0.25) is 0 Å². The minimum atomic E-state index is -0.584. The first-order valence-corrected chi connectivity index (χ1v) is 4.65. The van der Waals surface area contributed by atoms with Gasteiger partial charge in [-0.05, 0) is 0 Å². The van der Waals surface area contributed by atoms with Crippen LogP contribution in [0.1, 0.15) is 20.3 Å². The van der Waals surface area contributed by atoms with Gasteiger partial charge in [0.05, 0.1) is 6.26 Å². The molecule has 0 N–H and O–H groups in total. The number of carbonyl (C=O) groups is 2. The molecule has 0 saturated heterocycles. The summed E-state index contributed by atoms with van der Waals surface area (Å²) in [6, 6.07) is 0. The van der Waals surface area contributed by atoms with Crippen molar-refractivity contribution < 1.29 is 23.8 Å². The van der Waals surface area contributed by atoms with E-state index in [2.05, 4.69) is 6.58 Å². The van der Waals surface area contributed by atoms with E-state index in [1.165, 1.54) is 13.2 Å². The third-order valence-electron chi connectivity index (χ3n) is 1.46. The molecule has 5 heteroatoms. The Hall–Kier alpha value is -1.52. The smallest absolute Gasteiger partial charge is 0.306 e. The lowest BCUT2D eigenvalue weighted by Crippen LogP contribution is -2.28. The predicted octanol–water partition coefficient (Wildman–Crippen LogP) is 1.03. The summed E-state index contributed by atoms with van der Waals surface area (Å²) in [6.45, 7) is 6.44. The van der Waals surface area contributed by atoms with Gasteiger partial charge in [0.1, 0.15) is 13.2 Å². The maximum absolute atomic E-state index is 11.0. The van der Waals surface area contributed by atoms with Crippen LogP contribution in [-0.4, -0.2) is 31.3 Å². The van der Waals surface area contributed by atoms with Gasteiger partial charge in [-0.3, -0.25) is 9.59 Å². The molecule has 1 unspecified atom stereocenters. The van der Waals surface area contributed by atoms with E-state index in [-0.39, 0.29) is 25.6 Å². The van der Waals surface area contributed by atoms with E-state index in [1.807, 2.05) is 0 Å². The highest BCUT2D eigenvalue weighted by Crippen LogP contribution is 1.98. The SMILES string of the molecule is C=COCC(COC(C)=O)OC(=O)CC. The van der Waals surface area contributed by atoms with Crippen LogP contribution < -0.4 is 0 Å². The zero-order valence-corrected chi connectivity index (χ0v) is 9.02. The fourth-order valence-corrected chi connectivity index (χ4v) is 0.771. The highest BCUT2D eigenvalue weighted by molar-refractivity contribution is 5.69. The Morgan fingerprint density at radius 1 is 1.40 bits per heavy atom. The molecular weight excluding hydrogens is 200 g/mol. The van der Waals surface area contributed by atoms with Gasteiger partial charge in [0.25, 0.3) is 0 Å². The standard InChI is InChI=1S/C10H16O5/c1-4-10(12)15-9(6-13-5-2)7-14-8(3)11/h5,9H,2,4,6-7H2,1,3H3. The van der Waals surface area contributed by atoms with Gasteiger partial charge in [-0.1, -0.05) is 13.5 Å². The second kappa shape index (κ2) is 7.84. The summed E-state index contributed by atoms with van der Waals surface area (Å²) in [5, 5.41) is 0. The summed E-state index contributed by atoms with van der Waals surface area (Å²) >= 11 is 0. The Morgan fingerprint density at radius 3 is 2.53 bits per heavy atom. The van der Waals surface area contributed by atoms with Crippen LogP contribution in [-0.2, 0) is 23.8 Å². The molecule has 1 atom stereocenters. The summed E-state index contributed by atoms with van der Waals surface area (Å²) in [6.07, 6.45) is 0.921. The Kier molecular flexibility index (Phi) is 7.05. The molecular formula is C10H16O5. The maximum Gasteiger partial charge on any atom is 0.306 e. The fraction of sp³-hybridized carbons (Fsp3) is 0.600. The Morgan fingerprint density at radius 2 is 2.07 bits per heavy atom. The minimum Gasteiger partial charge on any atom is -0.498 e. The van der Waals surface area contributed by atoms with E-state index in [9.17, 15) is 9.59 Å². The van der Waals surface area contributed by atoms with E-state index in [0.29, 0.717) is 0 Å². The van der Waals surface area contributed by atoms with Crippen LogP contribution in [0.5, 0.6) is 0 Å². The van der Waals surface area contributed by atoms with Gasteiger partial charge in [0.2, 0.25) is 0 Å². The van der Waals surface area contributed by atoms with Crippen molar-refractivity contribution in [2.75, 3.05) is 13.2 Å². The summed E-state index contributed by atoms with van der Waals surface area (Å²) < 4.78 is 14.5. The van der Waals surface area contributed by atoms with Crippen LogP contribution in [0.15, 0.2) is 12.8 Å². The van der Waals surface area contributed by atoms with Gasteiger partial charge < -0.3 is 14.2 Å². The molecule has 0 aliphatic rings. The molecule has 0 heterocycles. The molecule has 5 nitrogen and oxygen atoms in total. The molecule has 0 fully saturated rings. The normalized spacial score (nSPS) is 11.3. The Balaban J connectivity index is 3.98. The number of hydrogen-bond donors (Lipinski definition) is 0. The molecule has 0 aliphatic carbocycles. The molecule has 0 amide bonds. The van der Waals surface area contributed by atoms with Crippen LogP contribution >= 0.6 is 0 Å². The molecule has 86 valence electrons. The molecule has 0 aliphatic heterocycles. The van der Waals surface area contributed by atoms with Crippen molar-refractivity contribution in [3.8, 4) is 0 Å². The third-order valence-corrected chi connectivity index (χ3v) is 1.46. The summed E-state index contributed by atoms with van der Waals surface area (Å²) in [5.41, 5.74) is 0. The lowest BCUT2D eigenvalue weighted by atomic mass is 10.4. The van der Waals surface area contributed by atoms with Gasteiger partial charge >= 0.3 is 11.9 Å². The van der Waals surface area contributed by atoms with Crippen molar-refractivity contribution in [1.29, 1.82) is 0 Å². The highest BCUT2D eigenvalue weighted by atomic mass is 16.6. The van der Waals surface area contributed by atoms with E-state index in [1.54, 1.807) is 6.92 Å². The zero-order chi connectivity index (χ0) is 11.7. The first kappa shape index (κ1) is 13.5. The third kappa shape index (κ3) is 7.54. The van der Waals surface area contributed by atoms with Crippen molar-refractivity contribution in [2.24, 2.45) is 0 Å².